The molecule has 0 amide bonds. The lowest BCUT2D eigenvalue weighted by Crippen LogP contribution is -2.42. The summed E-state index contributed by atoms with van der Waals surface area (Å²) >= 11 is 3.38. The van der Waals surface area contributed by atoms with Gasteiger partial charge in [0.2, 0.25) is 5.82 Å². The van der Waals surface area contributed by atoms with Crippen LogP contribution in [-0.2, 0) is 6.54 Å². The third kappa shape index (κ3) is 3.24. The predicted octanol–water partition coefficient (Wildman–Crippen LogP) is 3.42. The molecule has 1 heterocycles. The van der Waals surface area contributed by atoms with Crippen LogP contribution in [0, 0.1) is 13.8 Å². The fourth-order valence-electron chi connectivity index (χ4n) is 2.53. The number of Topliss-reactive ketones (excluding diaryl/α,β-unsaturated/α-hetero) is 1. The van der Waals surface area contributed by atoms with Crippen LogP contribution in [0.15, 0.2) is 59.1 Å². The second-order valence-corrected chi connectivity index (χ2v) is 6.27. The molecule has 3 aromatic rings. The maximum Gasteiger partial charge on any atom is 0.275 e. The molecule has 1 aromatic heterocycles. The molecule has 0 aliphatic rings. The molecule has 4 nitrogen and oxygen atoms in total. The van der Waals surface area contributed by atoms with Crippen LogP contribution in [-0.4, -0.2) is 15.6 Å². The fraction of sp³-hybridized carbons (Fsp3) is 0.167. The van der Waals surface area contributed by atoms with Gasteiger partial charge in [0.1, 0.15) is 12.2 Å². The van der Waals surface area contributed by atoms with Gasteiger partial charge in [-0.25, -0.2) is 4.57 Å². The van der Waals surface area contributed by atoms with Gasteiger partial charge < -0.3 is 0 Å². The molecule has 0 atom stereocenters. The van der Waals surface area contributed by atoms with Gasteiger partial charge in [-0.15, -0.1) is 0 Å². The van der Waals surface area contributed by atoms with E-state index in [0.717, 1.165) is 21.8 Å². The first kappa shape index (κ1) is 15.6. The minimum atomic E-state index is 0.0707. The van der Waals surface area contributed by atoms with E-state index in [1.165, 1.54) is 0 Å². The number of hydrogen-bond acceptors (Lipinski definition) is 2. The first-order chi connectivity index (χ1) is 11.1. The van der Waals surface area contributed by atoms with Crippen LogP contribution >= 0.6 is 15.9 Å². The van der Waals surface area contributed by atoms with E-state index < -0.39 is 0 Å². The summed E-state index contributed by atoms with van der Waals surface area (Å²) in [5.74, 6) is 1.82. The van der Waals surface area contributed by atoms with Crippen LogP contribution in [0.3, 0.4) is 0 Å². The Kier molecular flexibility index (Phi) is 4.39. The summed E-state index contributed by atoms with van der Waals surface area (Å²) in [4.78, 5) is 12.5. The smallest absolute Gasteiger partial charge is 0.275 e. The maximum absolute atomic E-state index is 12.5. The highest BCUT2D eigenvalue weighted by Crippen LogP contribution is 2.12. The van der Waals surface area contributed by atoms with Gasteiger partial charge in [-0.05, 0) is 24.3 Å². The van der Waals surface area contributed by atoms with Gasteiger partial charge in [0, 0.05) is 29.0 Å². The van der Waals surface area contributed by atoms with Gasteiger partial charge in [-0.1, -0.05) is 50.9 Å². The Morgan fingerprint density at radius 1 is 1.09 bits per heavy atom. The molecule has 23 heavy (non-hydrogen) atoms. The van der Waals surface area contributed by atoms with Gasteiger partial charge in [-0.3, -0.25) is 4.79 Å². The Morgan fingerprint density at radius 3 is 2.39 bits per heavy atom. The van der Waals surface area contributed by atoms with E-state index in [9.17, 15) is 4.79 Å². The molecular weight excluding hydrogens is 354 g/mol. The van der Waals surface area contributed by atoms with E-state index in [1.54, 1.807) is 0 Å². The summed E-state index contributed by atoms with van der Waals surface area (Å²) in [5, 5.41) is 4.56. The highest BCUT2D eigenvalue weighted by atomic mass is 79.9. The Bertz CT molecular complexity index is 839. The lowest BCUT2D eigenvalue weighted by Gasteiger charge is -2.02. The number of hydrogen-bond donors (Lipinski definition) is 0. The summed E-state index contributed by atoms with van der Waals surface area (Å²) in [6, 6.07) is 17.3. The largest absolute Gasteiger partial charge is 0.291 e. The molecule has 0 bridgehead atoms. The molecule has 0 spiro atoms. The van der Waals surface area contributed by atoms with E-state index in [-0.39, 0.29) is 12.3 Å². The number of ketones is 1. The zero-order chi connectivity index (χ0) is 16.4. The van der Waals surface area contributed by atoms with Crippen LogP contribution in [0.1, 0.15) is 22.0 Å². The lowest BCUT2D eigenvalue weighted by atomic mass is 10.1. The SMILES string of the molecule is Cc1nn(-c2ccccc2)c(C)[n+]1CC(=O)c1ccc(Br)cc1. The zero-order valence-electron chi connectivity index (χ0n) is 13.0. The van der Waals surface area contributed by atoms with Crippen LogP contribution in [0.5, 0.6) is 0 Å². The quantitative estimate of drug-likeness (QED) is 0.521. The zero-order valence-corrected chi connectivity index (χ0v) is 14.6. The predicted molar refractivity (Wildman–Crippen MR) is 91.7 cm³/mol. The number of carbonyl (C=O) groups is 1. The Morgan fingerprint density at radius 2 is 1.74 bits per heavy atom. The van der Waals surface area contributed by atoms with E-state index in [4.69, 9.17) is 0 Å². The number of benzene rings is 2. The number of nitrogens with zero attached hydrogens (tertiary/aromatic N) is 3. The molecule has 116 valence electrons. The van der Waals surface area contributed by atoms with Crippen molar-refractivity contribution in [3.8, 4) is 5.69 Å². The maximum atomic E-state index is 12.5. The highest BCUT2D eigenvalue weighted by Gasteiger charge is 2.23. The van der Waals surface area contributed by atoms with E-state index in [1.807, 2.05) is 77.7 Å². The Balaban J connectivity index is 1.90. The van der Waals surface area contributed by atoms with Gasteiger partial charge in [-0.2, -0.15) is 0 Å². The molecule has 0 aliphatic carbocycles. The van der Waals surface area contributed by atoms with E-state index >= 15 is 0 Å². The number of carbonyl (C=O) groups excluding carboxylic acids is 1. The van der Waals surface area contributed by atoms with Crippen molar-refractivity contribution in [3.05, 3.63) is 76.3 Å². The third-order valence-electron chi connectivity index (χ3n) is 3.80. The van der Waals surface area contributed by atoms with Crippen molar-refractivity contribution >= 4 is 21.7 Å². The molecular formula is C18H17BrN3O+. The van der Waals surface area contributed by atoms with Crippen molar-refractivity contribution in [2.45, 2.75) is 20.4 Å². The summed E-state index contributed by atoms with van der Waals surface area (Å²) in [7, 11) is 0. The molecule has 0 unspecified atom stereocenters. The molecule has 0 saturated carbocycles. The summed E-state index contributed by atoms with van der Waals surface area (Å²) in [6.07, 6.45) is 0. The minimum Gasteiger partial charge on any atom is -0.291 e. The average molecular weight is 371 g/mol. The molecule has 5 heteroatoms. The van der Waals surface area contributed by atoms with Gasteiger partial charge >= 0.3 is 0 Å². The van der Waals surface area contributed by atoms with Gasteiger partial charge in [0.15, 0.2) is 5.78 Å². The van der Waals surface area contributed by atoms with Gasteiger partial charge in [0.25, 0.3) is 5.82 Å². The first-order valence-corrected chi connectivity index (χ1v) is 8.16. The molecule has 0 fully saturated rings. The molecule has 3 rings (SSSR count). The molecule has 0 N–H and O–H groups in total. The van der Waals surface area contributed by atoms with Crippen LogP contribution in [0.25, 0.3) is 5.69 Å². The van der Waals surface area contributed by atoms with Crippen molar-refractivity contribution in [2.24, 2.45) is 0 Å². The van der Waals surface area contributed by atoms with Crippen molar-refractivity contribution < 1.29 is 9.36 Å². The average Bonchev–Trinajstić information content (AvgIpc) is 2.84. The van der Waals surface area contributed by atoms with Crippen molar-refractivity contribution in [1.29, 1.82) is 0 Å². The second kappa shape index (κ2) is 6.46. The van der Waals surface area contributed by atoms with E-state index in [0.29, 0.717) is 5.56 Å². The summed E-state index contributed by atoms with van der Waals surface area (Å²) in [6.45, 7) is 4.18. The number of para-hydroxylation sites is 1. The van der Waals surface area contributed by atoms with Crippen LogP contribution in [0.4, 0.5) is 0 Å². The summed E-state index contributed by atoms with van der Waals surface area (Å²) in [5.41, 5.74) is 1.69. The molecule has 0 radical (unpaired) electrons. The fourth-order valence-corrected chi connectivity index (χ4v) is 2.80. The normalized spacial score (nSPS) is 10.7. The van der Waals surface area contributed by atoms with Crippen molar-refractivity contribution in [3.63, 3.8) is 0 Å². The number of aryl methyl sites for hydroxylation is 1. The van der Waals surface area contributed by atoms with Crippen molar-refractivity contribution in [1.82, 2.24) is 9.78 Å². The Labute approximate surface area is 143 Å². The number of rotatable bonds is 4. The first-order valence-electron chi connectivity index (χ1n) is 7.36. The monoisotopic (exact) mass is 370 g/mol. The van der Waals surface area contributed by atoms with Gasteiger partial charge in [0.05, 0.1) is 0 Å². The topological polar surface area (TPSA) is 38.8 Å². The number of aromatic nitrogens is 3. The summed E-state index contributed by atoms with van der Waals surface area (Å²) < 4.78 is 4.77. The van der Waals surface area contributed by atoms with Crippen LogP contribution in [0.2, 0.25) is 0 Å². The molecule has 0 saturated heterocycles. The molecule has 2 aromatic carbocycles. The molecule has 0 aliphatic heterocycles. The third-order valence-corrected chi connectivity index (χ3v) is 4.33. The lowest BCUT2D eigenvalue weighted by molar-refractivity contribution is -0.695. The van der Waals surface area contributed by atoms with Crippen LogP contribution < -0.4 is 4.57 Å². The van der Waals surface area contributed by atoms with E-state index in [2.05, 4.69) is 21.0 Å². The standard InChI is InChI=1S/C18H17BrN3O/c1-13-20-22(17-6-4-3-5-7-17)14(2)21(13)12-18(23)15-8-10-16(19)11-9-15/h3-11H,12H2,1-2H3/q+1. The Hall–Kier alpha value is -2.27. The minimum absolute atomic E-state index is 0.0707. The number of halogens is 1. The highest BCUT2D eigenvalue weighted by molar-refractivity contribution is 9.10. The van der Waals surface area contributed by atoms with Crippen molar-refractivity contribution in [2.75, 3.05) is 0 Å². The second-order valence-electron chi connectivity index (χ2n) is 5.36.